The maximum absolute atomic E-state index is 6.13. The molecule has 1 heterocycles. The Morgan fingerprint density at radius 1 is 0.963 bits per heavy atom. The molecule has 2 aromatic carbocycles. The Bertz CT molecular complexity index is 788. The highest BCUT2D eigenvalue weighted by molar-refractivity contribution is 7.99. The molecule has 1 saturated heterocycles. The van der Waals surface area contributed by atoms with E-state index >= 15 is 0 Å². The first-order valence-corrected chi connectivity index (χ1v) is 10.4. The topological polar surface area (TPSA) is 27.7 Å². The molecule has 0 unspecified atom stereocenters. The second kappa shape index (κ2) is 7.90. The van der Waals surface area contributed by atoms with Gasteiger partial charge in [-0.05, 0) is 70.8 Å². The number of rotatable bonds is 6. The summed E-state index contributed by atoms with van der Waals surface area (Å²) in [5.41, 5.74) is 2.93. The average molecular weight is 384 g/mol. The van der Waals surface area contributed by atoms with Crippen molar-refractivity contribution in [2.45, 2.75) is 57.6 Å². The Labute approximate surface area is 167 Å². The van der Waals surface area contributed by atoms with E-state index < -0.39 is 0 Å². The Morgan fingerprint density at radius 2 is 1.67 bits per heavy atom. The monoisotopic (exact) mass is 384 g/mol. The Morgan fingerprint density at radius 3 is 2.37 bits per heavy atom. The third kappa shape index (κ3) is 4.71. The van der Waals surface area contributed by atoms with Gasteiger partial charge in [-0.2, -0.15) is 0 Å². The summed E-state index contributed by atoms with van der Waals surface area (Å²) in [6.07, 6.45) is 0. The van der Waals surface area contributed by atoms with Crippen molar-refractivity contribution in [1.29, 1.82) is 0 Å². The zero-order valence-corrected chi connectivity index (χ0v) is 18.0. The first kappa shape index (κ1) is 20.3. The van der Waals surface area contributed by atoms with E-state index in [2.05, 4.69) is 59.7 Å². The number of thioether (sulfide) groups is 1. The fourth-order valence-electron chi connectivity index (χ4n) is 2.90. The average Bonchev–Trinajstić information content (AvgIpc) is 2.83. The molecule has 1 aliphatic heterocycles. The normalized spacial score (nSPS) is 17.9. The van der Waals surface area contributed by atoms with Crippen LogP contribution in [0.25, 0.3) is 0 Å². The molecule has 144 valence electrons. The van der Waals surface area contributed by atoms with Gasteiger partial charge < -0.3 is 14.0 Å². The van der Waals surface area contributed by atoms with Crippen molar-refractivity contribution in [2.75, 3.05) is 12.4 Å². The van der Waals surface area contributed by atoms with Crippen LogP contribution in [0.5, 0.6) is 5.75 Å². The lowest BCUT2D eigenvalue weighted by Gasteiger charge is -2.32. The number of benzene rings is 2. The summed E-state index contributed by atoms with van der Waals surface area (Å²) >= 11 is 1.84. The van der Waals surface area contributed by atoms with E-state index in [4.69, 9.17) is 14.0 Å². The summed E-state index contributed by atoms with van der Waals surface area (Å²) < 4.78 is 18.2. The van der Waals surface area contributed by atoms with Gasteiger partial charge in [0.05, 0.1) is 17.8 Å². The third-order valence-electron chi connectivity index (χ3n) is 5.34. The van der Waals surface area contributed by atoms with Crippen molar-refractivity contribution < 1.29 is 14.0 Å². The molecule has 0 aromatic heterocycles. The van der Waals surface area contributed by atoms with E-state index in [0.717, 1.165) is 17.0 Å². The number of ether oxygens (including phenoxy) is 1. The van der Waals surface area contributed by atoms with E-state index in [1.807, 2.05) is 36.0 Å². The fraction of sp³-hybridized carbons (Fsp3) is 0.455. The number of hydrogen-bond donors (Lipinski definition) is 0. The summed E-state index contributed by atoms with van der Waals surface area (Å²) in [6, 6.07) is 14.6. The minimum absolute atomic E-state index is 0.336. The summed E-state index contributed by atoms with van der Waals surface area (Å²) in [4.78, 5) is 1.32. The second-order valence-corrected chi connectivity index (χ2v) is 9.26. The van der Waals surface area contributed by atoms with E-state index in [1.54, 1.807) is 0 Å². The highest BCUT2D eigenvalue weighted by atomic mass is 32.2. The molecule has 0 saturated carbocycles. The summed E-state index contributed by atoms with van der Waals surface area (Å²) in [5.74, 6) is 1.76. The fourth-order valence-corrected chi connectivity index (χ4v) is 3.86. The highest BCUT2D eigenvalue weighted by Crippen LogP contribution is 2.36. The first-order valence-electron chi connectivity index (χ1n) is 9.46. The van der Waals surface area contributed by atoms with Crippen molar-refractivity contribution in [1.82, 2.24) is 0 Å². The minimum atomic E-state index is -0.358. The maximum atomic E-state index is 6.13. The van der Waals surface area contributed by atoms with Crippen LogP contribution in [0.1, 0.15) is 38.8 Å². The van der Waals surface area contributed by atoms with Crippen molar-refractivity contribution >= 4 is 24.3 Å². The van der Waals surface area contributed by atoms with Crippen LogP contribution in [0.2, 0.25) is 0 Å². The molecule has 1 aliphatic rings. The SMILES string of the molecule is Cc1ccc(C)c(SCCOc2cccc(B3OC(C)(C)C(C)(C)O3)c2)c1. The standard InChI is InChI=1S/C22H29BO3S/c1-16-10-11-17(2)20(14-16)27-13-12-24-19-9-7-8-18(15-19)23-25-21(3,4)22(5,6)26-23/h7-11,14-15H,12-13H2,1-6H3. The van der Waals surface area contributed by atoms with Gasteiger partial charge in [0.2, 0.25) is 0 Å². The zero-order chi connectivity index (χ0) is 19.7. The van der Waals surface area contributed by atoms with Crippen molar-refractivity contribution in [2.24, 2.45) is 0 Å². The van der Waals surface area contributed by atoms with Crippen LogP contribution in [0.4, 0.5) is 0 Å². The predicted octanol–water partition coefficient (Wildman–Crippen LogP) is 4.77. The molecule has 0 bridgehead atoms. The molecule has 3 rings (SSSR count). The van der Waals surface area contributed by atoms with E-state index in [9.17, 15) is 0 Å². The maximum Gasteiger partial charge on any atom is 0.494 e. The molecular formula is C22H29BO3S. The Balaban J connectivity index is 1.56. The molecule has 3 nitrogen and oxygen atoms in total. The lowest BCUT2D eigenvalue weighted by Crippen LogP contribution is -2.41. The molecule has 27 heavy (non-hydrogen) atoms. The van der Waals surface area contributed by atoms with E-state index in [-0.39, 0.29) is 18.3 Å². The molecule has 5 heteroatoms. The van der Waals surface area contributed by atoms with Crippen LogP contribution in [0, 0.1) is 13.8 Å². The lowest BCUT2D eigenvalue weighted by atomic mass is 9.79. The van der Waals surface area contributed by atoms with Crippen LogP contribution < -0.4 is 10.2 Å². The molecule has 2 aromatic rings. The predicted molar refractivity (Wildman–Crippen MR) is 114 cm³/mol. The number of aryl methyl sites for hydroxylation is 2. The molecule has 0 N–H and O–H groups in total. The Kier molecular flexibility index (Phi) is 5.94. The lowest BCUT2D eigenvalue weighted by molar-refractivity contribution is 0.00578. The van der Waals surface area contributed by atoms with E-state index in [1.165, 1.54) is 16.0 Å². The van der Waals surface area contributed by atoms with Gasteiger partial charge >= 0.3 is 7.12 Å². The van der Waals surface area contributed by atoms with Gasteiger partial charge in [-0.1, -0.05) is 29.8 Å². The van der Waals surface area contributed by atoms with E-state index in [0.29, 0.717) is 6.61 Å². The molecule has 0 aliphatic carbocycles. The molecule has 0 atom stereocenters. The quantitative estimate of drug-likeness (QED) is 0.407. The van der Waals surface area contributed by atoms with Gasteiger partial charge in [0, 0.05) is 10.6 Å². The van der Waals surface area contributed by atoms with Gasteiger partial charge in [-0.25, -0.2) is 0 Å². The third-order valence-corrected chi connectivity index (χ3v) is 6.46. The molecule has 0 radical (unpaired) electrons. The van der Waals surface area contributed by atoms with Gasteiger partial charge in [0.15, 0.2) is 0 Å². The van der Waals surface area contributed by atoms with Crippen molar-refractivity contribution in [3.8, 4) is 5.75 Å². The number of hydrogen-bond acceptors (Lipinski definition) is 4. The van der Waals surface area contributed by atoms with Crippen molar-refractivity contribution in [3.63, 3.8) is 0 Å². The van der Waals surface area contributed by atoms with Crippen LogP contribution >= 0.6 is 11.8 Å². The molecule has 0 spiro atoms. The molecular weight excluding hydrogens is 355 g/mol. The minimum Gasteiger partial charge on any atom is -0.493 e. The van der Waals surface area contributed by atoms with Crippen LogP contribution in [-0.4, -0.2) is 30.7 Å². The highest BCUT2D eigenvalue weighted by Gasteiger charge is 2.51. The summed E-state index contributed by atoms with van der Waals surface area (Å²) in [6.45, 7) is 13.2. The van der Waals surface area contributed by atoms with Crippen LogP contribution in [0.3, 0.4) is 0 Å². The van der Waals surface area contributed by atoms with Gasteiger partial charge in [-0.3, -0.25) is 0 Å². The summed E-state index contributed by atoms with van der Waals surface area (Å²) in [7, 11) is -0.358. The second-order valence-electron chi connectivity index (χ2n) is 8.13. The summed E-state index contributed by atoms with van der Waals surface area (Å²) in [5, 5.41) is 0. The van der Waals surface area contributed by atoms with Crippen molar-refractivity contribution in [3.05, 3.63) is 53.6 Å². The van der Waals surface area contributed by atoms with Crippen LogP contribution in [-0.2, 0) is 9.31 Å². The van der Waals surface area contributed by atoms with Gasteiger partial charge in [0.25, 0.3) is 0 Å². The Hall–Kier alpha value is -1.43. The van der Waals surface area contributed by atoms with Gasteiger partial charge in [-0.15, -0.1) is 11.8 Å². The largest absolute Gasteiger partial charge is 0.494 e. The molecule has 0 amide bonds. The molecule has 1 fully saturated rings. The first-order chi connectivity index (χ1) is 12.7. The van der Waals surface area contributed by atoms with Gasteiger partial charge in [0.1, 0.15) is 5.75 Å². The zero-order valence-electron chi connectivity index (χ0n) is 17.2. The smallest absolute Gasteiger partial charge is 0.493 e. The van der Waals surface area contributed by atoms with Crippen LogP contribution in [0.15, 0.2) is 47.4 Å².